The normalized spacial score (nSPS) is 20.0. The Bertz CT molecular complexity index is 263. The molecule has 1 N–H and O–H groups in total. The van der Waals surface area contributed by atoms with E-state index in [1.165, 1.54) is 64.2 Å². The molecule has 0 amide bonds. The third-order valence-corrected chi connectivity index (χ3v) is 5.27. The van der Waals surface area contributed by atoms with E-state index in [-0.39, 0.29) is 0 Å². The first-order chi connectivity index (χ1) is 10.2. The monoisotopic (exact) mass is 296 g/mol. The Labute approximate surface area is 131 Å². The molecule has 0 heterocycles. The van der Waals surface area contributed by atoms with E-state index in [0.29, 0.717) is 0 Å². The second kappa shape index (κ2) is 11.1. The molecule has 0 unspecified atom stereocenters. The van der Waals surface area contributed by atoms with Crippen LogP contribution in [0.3, 0.4) is 0 Å². The van der Waals surface area contributed by atoms with Crippen LogP contribution < -0.4 is 0 Å². The fourth-order valence-electron chi connectivity index (χ4n) is 3.75. The molecule has 0 aromatic rings. The van der Waals surface area contributed by atoms with Crippen LogP contribution in [0, 0.1) is 5.41 Å². The number of carbonyl (C=O) groups is 1. The summed E-state index contributed by atoms with van der Waals surface area (Å²) in [5, 5.41) is 9.81. The zero-order valence-corrected chi connectivity index (χ0v) is 14.2. The zero-order chi connectivity index (χ0) is 15.4. The van der Waals surface area contributed by atoms with Crippen LogP contribution in [0.4, 0.5) is 0 Å². The SMILES string of the molecule is CCCCCCCCC1(C(=O)O)CCCCCCCCC1. The first-order valence-electron chi connectivity index (χ1n) is 9.45. The number of carboxylic acid groups (broad SMARTS) is 1. The van der Waals surface area contributed by atoms with Crippen LogP contribution in [0.2, 0.25) is 0 Å². The Hall–Kier alpha value is -0.530. The Balaban J connectivity index is 2.43. The van der Waals surface area contributed by atoms with Crippen molar-refractivity contribution in [3.8, 4) is 0 Å². The van der Waals surface area contributed by atoms with E-state index >= 15 is 0 Å². The summed E-state index contributed by atoms with van der Waals surface area (Å²) in [5.74, 6) is -0.517. The Morgan fingerprint density at radius 1 is 0.810 bits per heavy atom. The maximum absolute atomic E-state index is 11.9. The lowest BCUT2D eigenvalue weighted by molar-refractivity contribution is -0.150. The van der Waals surface area contributed by atoms with Crippen molar-refractivity contribution in [1.29, 1.82) is 0 Å². The van der Waals surface area contributed by atoms with Gasteiger partial charge in [0.2, 0.25) is 0 Å². The van der Waals surface area contributed by atoms with Gasteiger partial charge in [-0.05, 0) is 19.3 Å². The minimum absolute atomic E-state index is 0.401. The average Bonchev–Trinajstić information content (AvgIpc) is 2.48. The number of aliphatic carboxylic acids is 1. The van der Waals surface area contributed by atoms with Crippen molar-refractivity contribution >= 4 is 5.97 Å². The maximum Gasteiger partial charge on any atom is 0.309 e. The predicted octanol–water partition coefficient (Wildman–Crippen LogP) is 6.33. The quantitative estimate of drug-likeness (QED) is 0.531. The van der Waals surface area contributed by atoms with E-state index in [4.69, 9.17) is 0 Å². The summed E-state index contributed by atoms with van der Waals surface area (Å²) in [5.41, 5.74) is -0.401. The zero-order valence-electron chi connectivity index (χ0n) is 14.2. The molecular formula is C19H36O2. The molecule has 0 radical (unpaired) electrons. The van der Waals surface area contributed by atoms with Gasteiger partial charge in [0.15, 0.2) is 0 Å². The van der Waals surface area contributed by atoms with Gasteiger partial charge in [0.1, 0.15) is 0 Å². The van der Waals surface area contributed by atoms with E-state index in [0.717, 1.165) is 38.5 Å². The molecule has 0 aliphatic heterocycles. The highest BCUT2D eigenvalue weighted by Gasteiger charge is 2.36. The van der Waals surface area contributed by atoms with Gasteiger partial charge in [-0.15, -0.1) is 0 Å². The third-order valence-electron chi connectivity index (χ3n) is 5.27. The van der Waals surface area contributed by atoms with Gasteiger partial charge in [-0.1, -0.05) is 90.4 Å². The Morgan fingerprint density at radius 3 is 1.81 bits per heavy atom. The van der Waals surface area contributed by atoms with Crippen LogP contribution in [0.1, 0.15) is 110 Å². The third kappa shape index (κ3) is 7.33. The number of hydrogen-bond acceptors (Lipinski definition) is 1. The topological polar surface area (TPSA) is 37.3 Å². The summed E-state index contributed by atoms with van der Waals surface area (Å²) in [4.78, 5) is 11.9. The van der Waals surface area contributed by atoms with Crippen molar-refractivity contribution < 1.29 is 9.90 Å². The van der Waals surface area contributed by atoms with Gasteiger partial charge in [-0.2, -0.15) is 0 Å². The highest BCUT2D eigenvalue weighted by atomic mass is 16.4. The van der Waals surface area contributed by atoms with E-state index in [2.05, 4.69) is 6.92 Å². The molecule has 1 aliphatic rings. The van der Waals surface area contributed by atoms with Gasteiger partial charge < -0.3 is 5.11 Å². The molecular weight excluding hydrogens is 260 g/mol. The molecule has 21 heavy (non-hydrogen) atoms. The standard InChI is InChI=1S/C19H36O2/c1-2-3-4-5-9-12-15-19(18(20)21)16-13-10-7-6-8-11-14-17-19/h2-17H2,1H3,(H,20,21). The molecule has 0 spiro atoms. The lowest BCUT2D eigenvalue weighted by Crippen LogP contribution is -2.31. The van der Waals surface area contributed by atoms with Gasteiger partial charge in [0.25, 0.3) is 0 Å². The summed E-state index contributed by atoms with van der Waals surface area (Å²) < 4.78 is 0. The van der Waals surface area contributed by atoms with Crippen LogP contribution in [-0.2, 0) is 4.79 Å². The van der Waals surface area contributed by atoms with Crippen molar-refractivity contribution in [2.75, 3.05) is 0 Å². The van der Waals surface area contributed by atoms with Crippen molar-refractivity contribution in [2.24, 2.45) is 5.41 Å². The fourth-order valence-corrected chi connectivity index (χ4v) is 3.75. The number of unbranched alkanes of at least 4 members (excludes halogenated alkanes) is 5. The molecule has 2 heteroatoms. The van der Waals surface area contributed by atoms with Crippen LogP contribution >= 0.6 is 0 Å². The van der Waals surface area contributed by atoms with Crippen LogP contribution in [-0.4, -0.2) is 11.1 Å². The number of hydrogen-bond donors (Lipinski definition) is 1. The molecule has 124 valence electrons. The lowest BCUT2D eigenvalue weighted by Gasteiger charge is -2.30. The van der Waals surface area contributed by atoms with Crippen LogP contribution in [0.15, 0.2) is 0 Å². The summed E-state index contributed by atoms with van der Waals surface area (Å²) in [7, 11) is 0. The summed E-state index contributed by atoms with van der Waals surface area (Å²) >= 11 is 0. The minimum atomic E-state index is -0.517. The highest BCUT2D eigenvalue weighted by molar-refractivity contribution is 5.74. The molecule has 1 aliphatic carbocycles. The van der Waals surface area contributed by atoms with Crippen molar-refractivity contribution in [1.82, 2.24) is 0 Å². The van der Waals surface area contributed by atoms with E-state index in [1.807, 2.05) is 0 Å². The largest absolute Gasteiger partial charge is 0.481 e. The number of rotatable bonds is 8. The predicted molar refractivity (Wildman–Crippen MR) is 89.6 cm³/mol. The molecule has 0 aromatic heterocycles. The summed E-state index contributed by atoms with van der Waals surface area (Å²) in [6.45, 7) is 2.24. The van der Waals surface area contributed by atoms with Crippen molar-refractivity contribution in [3.05, 3.63) is 0 Å². The smallest absolute Gasteiger partial charge is 0.309 e. The van der Waals surface area contributed by atoms with Crippen molar-refractivity contribution in [3.63, 3.8) is 0 Å². The Morgan fingerprint density at radius 2 is 1.29 bits per heavy atom. The molecule has 0 bridgehead atoms. The summed E-state index contributed by atoms with van der Waals surface area (Å²) in [6, 6.07) is 0. The molecule has 0 aromatic carbocycles. The van der Waals surface area contributed by atoms with Crippen LogP contribution in [0.5, 0.6) is 0 Å². The van der Waals surface area contributed by atoms with Gasteiger partial charge in [0, 0.05) is 0 Å². The second-order valence-electron chi connectivity index (χ2n) is 7.08. The fraction of sp³-hybridized carbons (Fsp3) is 0.947. The highest BCUT2D eigenvalue weighted by Crippen LogP contribution is 2.38. The van der Waals surface area contributed by atoms with E-state index < -0.39 is 11.4 Å². The minimum Gasteiger partial charge on any atom is -0.481 e. The molecule has 1 fully saturated rings. The maximum atomic E-state index is 11.9. The molecule has 0 atom stereocenters. The van der Waals surface area contributed by atoms with Gasteiger partial charge >= 0.3 is 5.97 Å². The van der Waals surface area contributed by atoms with Crippen molar-refractivity contribution in [2.45, 2.75) is 110 Å². The second-order valence-corrected chi connectivity index (χ2v) is 7.08. The van der Waals surface area contributed by atoms with Crippen LogP contribution in [0.25, 0.3) is 0 Å². The Kier molecular flexibility index (Phi) is 9.78. The lowest BCUT2D eigenvalue weighted by atomic mass is 9.73. The average molecular weight is 296 g/mol. The van der Waals surface area contributed by atoms with Gasteiger partial charge in [0.05, 0.1) is 5.41 Å². The molecule has 0 saturated heterocycles. The summed E-state index contributed by atoms with van der Waals surface area (Å²) in [6.07, 6.45) is 18.9. The van der Waals surface area contributed by atoms with Gasteiger partial charge in [-0.25, -0.2) is 0 Å². The van der Waals surface area contributed by atoms with Gasteiger partial charge in [-0.3, -0.25) is 4.79 Å². The number of carboxylic acids is 1. The van der Waals surface area contributed by atoms with E-state index in [1.54, 1.807) is 0 Å². The first kappa shape index (κ1) is 18.5. The molecule has 2 nitrogen and oxygen atoms in total. The molecule has 1 rings (SSSR count). The van der Waals surface area contributed by atoms with E-state index in [9.17, 15) is 9.90 Å². The molecule has 1 saturated carbocycles. The first-order valence-corrected chi connectivity index (χ1v) is 9.45.